The van der Waals surface area contributed by atoms with E-state index < -0.39 is 23.6 Å². The van der Waals surface area contributed by atoms with Crippen LogP contribution in [0.3, 0.4) is 0 Å². The lowest BCUT2D eigenvalue weighted by molar-refractivity contribution is -0.137. The average molecular weight is 329 g/mol. The van der Waals surface area contributed by atoms with Crippen molar-refractivity contribution in [3.05, 3.63) is 51.7 Å². The largest absolute Gasteiger partial charge is 0.465 e. The summed E-state index contributed by atoms with van der Waals surface area (Å²) in [6.07, 6.45) is -4.53. The second kappa shape index (κ2) is 6.18. The van der Waals surface area contributed by atoms with Gasteiger partial charge in [-0.3, -0.25) is 4.79 Å². The molecule has 1 amide bonds. The van der Waals surface area contributed by atoms with Crippen molar-refractivity contribution >= 4 is 28.9 Å². The molecule has 0 atom stereocenters. The molecule has 116 valence electrons. The summed E-state index contributed by atoms with van der Waals surface area (Å²) >= 11 is 1.06. The molecule has 0 spiro atoms. The fourth-order valence-electron chi connectivity index (χ4n) is 1.69. The van der Waals surface area contributed by atoms with Gasteiger partial charge < -0.3 is 10.1 Å². The molecule has 4 nitrogen and oxygen atoms in total. The summed E-state index contributed by atoms with van der Waals surface area (Å²) in [6, 6.07) is 5.50. The third-order valence-electron chi connectivity index (χ3n) is 2.74. The number of methoxy groups -OCH3 is 1. The molecule has 1 heterocycles. The van der Waals surface area contributed by atoms with Crippen molar-refractivity contribution in [3.8, 4) is 0 Å². The lowest BCUT2D eigenvalue weighted by Gasteiger charge is -2.09. The van der Waals surface area contributed by atoms with E-state index in [0.717, 1.165) is 29.5 Å². The second-order valence-corrected chi connectivity index (χ2v) is 5.10. The summed E-state index contributed by atoms with van der Waals surface area (Å²) in [4.78, 5) is 23.7. The molecule has 0 aliphatic carbocycles. The molecule has 1 aromatic carbocycles. The quantitative estimate of drug-likeness (QED) is 0.871. The number of anilines is 1. The molecular formula is C14H10F3NO3S. The minimum atomic E-state index is -4.53. The topological polar surface area (TPSA) is 55.4 Å². The third kappa shape index (κ3) is 3.45. The van der Waals surface area contributed by atoms with Crippen molar-refractivity contribution in [3.63, 3.8) is 0 Å². The van der Waals surface area contributed by atoms with Crippen LogP contribution < -0.4 is 5.32 Å². The van der Waals surface area contributed by atoms with Gasteiger partial charge in [0.1, 0.15) is 4.88 Å². The number of alkyl halides is 3. The number of halogens is 3. The minimum Gasteiger partial charge on any atom is -0.465 e. The molecule has 0 bridgehead atoms. The molecule has 0 aliphatic rings. The number of carbonyl (C=O) groups excluding carboxylic acids is 2. The Morgan fingerprint density at radius 2 is 1.95 bits per heavy atom. The van der Waals surface area contributed by atoms with Crippen molar-refractivity contribution in [1.82, 2.24) is 0 Å². The maximum absolute atomic E-state index is 12.6. The van der Waals surface area contributed by atoms with Gasteiger partial charge in [0.25, 0.3) is 5.91 Å². The zero-order valence-corrected chi connectivity index (χ0v) is 12.0. The maximum atomic E-state index is 12.6. The zero-order valence-electron chi connectivity index (χ0n) is 11.2. The van der Waals surface area contributed by atoms with Gasteiger partial charge in [-0.25, -0.2) is 4.79 Å². The van der Waals surface area contributed by atoms with Gasteiger partial charge in [0, 0.05) is 5.56 Å². The summed E-state index contributed by atoms with van der Waals surface area (Å²) in [5, 5.41) is 3.97. The molecular weight excluding hydrogens is 319 g/mol. The number of amides is 1. The molecule has 2 aromatic rings. The van der Waals surface area contributed by atoms with Gasteiger partial charge in [0.05, 0.1) is 18.4 Å². The summed E-state index contributed by atoms with van der Waals surface area (Å²) in [5.41, 5.74) is -0.880. The van der Waals surface area contributed by atoms with E-state index in [1.54, 1.807) is 5.38 Å². The van der Waals surface area contributed by atoms with Crippen LogP contribution in [-0.2, 0) is 10.9 Å². The number of nitrogens with one attached hydrogen (secondary N) is 1. The lowest BCUT2D eigenvalue weighted by Crippen LogP contribution is -2.15. The van der Waals surface area contributed by atoms with Gasteiger partial charge in [0.15, 0.2) is 0 Å². The summed E-state index contributed by atoms with van der Waals surface area (Å²) < 4.78 is 42.5. The number of ether oxygens (including phenoxy) is 1. The highest BCUT2D eigenvalue weighted by molar-refractivity contribution is 7.12. The fourth-order valence-corrected chi connectivity index (χ4v) is 2.46. The van der Waals surface area contributed by atoms with E-state index >= 15 is 0 Å². The van der Waals surface area contributed by atoms with Gasteiger partial charge in [-0.2, -0.15) is 13.2 Å². The predicted molar refractivity (Wildman–Crippen MR) is 75.1 cm³/mol. The number of benzene rings is 1. The van der Waals surface area contributed by atoms with Crippen molar-refractivity contribution in [2.45, 2.75) is 6.18 Å². The first kappa shape index (κ1) is 16.0. The molecule has 22 heavy (non-hydrogen) atoms. The zero-order chi connectivity index (χ0) is 16.3. The first-order valence-electron chi connectivity index (χ1n) is 5.97. The molecule has 1 aromatic heterocycles. The maximum Gasteiger partial charge on any atom is 0.416 e. The Morgan fingerprint density at radius 1 is 1.23 bits per heavy atom. The predicted octanol–water partition coefficient (Wildman–Crippen LogP) is 3.81. The normalized spacial score (nSPS) is 11.1. The third-order valence-corrected chi connectivity index (χ3v) is 3.63. The van der Waals surface area contributed by atoms with E-state index in [1.165, 1.54) is 19.2 Å². The van der Waals surface area contributed by atoms with Gasteiger partial charge in [-0.05, 0) is 29.6 Å². The van der Waals surface area contributed by atoms with Crippen LogP contribution >= 0.6 is 11.3 Å². The van der Waals surface area contributed by atoms with E-state index in [1.807, 2.05) is 0 Å². The van der Waals surface area contributed by atoms with Crippen molar-refractivity contribution in [1.29, 1.82) is 0 Å². The highest BCUT2D eigenvalue weighted by atomic mass is 32.1. The van der Waals surface area contributed by atoms with E-state index in [-0.39, 0.29) is 16.1 Å². The van der Waals surface area contributed by atoms with Crippen LogP contribution in [0, 0.1) is 0 Å². The van der Waals surface area contributed by atoms with Crippen LogP contribution in [0.15, 0.2) is 35.7 Å². The van der Waals surface area contributed by atoms with Crippen LogP contribution in [0.1, 0.15) is 25.6 Å². The fraction of sp³-hybridized carbons (Fsp3) is 0.143. The number of carbonyl (C=O) groups is 2. The summed E-state index contributed by atoms with van der Waals surface area (Å²) in [7, 11) is 1.19. The van der Waals surface area contributed by atoms with Gasteiger partial charge in [-0.15, -0.1) is 11.3 Å². The van der Waals surface area contributed by atoms with Gasteiger partial charge in [-0.1, -0.05) is 6.07 Å². The second-order valence-electron chi connectivity index (χ2n) is 4.19. The van der Waals surface area contributed by atoms with E-state index in [2.05, 4.69) is 10.1 Å². The molecule has 1 N–H and O–H groups in total. The molecule has 0 unspecified atom stereocenters. The monoisotopic (exact) mass is 329 g/mol. The average Bonchev–Trinajstić information content (AvgIpc) is 2.93. The molecule has 0 radical (unpaired) electrons. The van der Waals surface area contributed by atoms with Crippen molar-refractivity contribution in [2.24, 2.45) is 0 Å². The Kier molecular flexibility index (Phi) is 4.51. The Balaban J connectivity index is 2.24. The van der Waals surface area contributed by atoms with Crippen LogP contribution in [0.2, 0.25) is 0 Å². The first-order valence-corrected chi connectivity index (χ1v) is 6.85. The van der Waals surface area contributed by atoms with Crippen LogP contribution in [0.25, 0.3) is 0 Å². The first-order chi connectivity index (χ1) is 10.3. The van der Waals surface area contributed by atoms with Gasteiger partial charge in [0.2, 0.25) is 0 Å². The standard InChI is InChI=1S/C14H10F3NO3S/c1-21-13(20)11-10(5-6-22-11)18-12(19)8-3-2-4-9(7-8)14(15,16)17/h2-7H,1H3,(H,18,19). The number of thiophene rings is 1. The van der Waals surface area contributed by atoms with E-state index in [0.29, 0.717) is 0 Å². The SMILES string of the molecule is COC(=O)c1sccc1NC(=O)c1cccc(C(F)(F)F)c1. The number of rotatable bonds is 3. The summed E-state index contributed by atoms with van der Waals surface area (Å²) in [5.74, 6) is -1.37. The van der Waals surface area contributed by atoms with Crippen LogP contribution in [-0.4, -0.2) is 19.0 Å². The smallest absolute Gasteiger partial charge is 0.416 e. The molecule has 0 saturated carbocycles. The van der Waals surface area contributed by atoms with Gasteiger partial charge >= 0.3 is 12.1 Å². The molecule has 2 rings (SSSR count). The van der Waals surface area contributed by atoms with Crippen molar-refractivity contribution in [2.75, 3.05) is 12.4 Å². The molecule has 8 heteroatoms. The number of hydrogen-bond donors (Lipinski definition) is 1. The van der Waals surface area contributed by atoms with E-state index in [4.69, 9.17) is 0 Å². The molecule has 0 saturated heterocycles. The highest BCUT2D eigenvalue weighted by Crippen LogP contribution is 2.30. The number of esters is 1. The Morgan fingerprint density at radius 3 is 2.59 bits per heavy atom. The Labute approximate surface area is 127 Å². The van der Waals surface area contributed by atoms with Crippen LogP contribution in [0.4, 0.5) is 18.9 Å². The Bertz CT molecular complexity index is 709. The van der Waals surface area contributed by atoms with E-state index in [9.17, 15) is 22.8 Å². The summed E-state index contributed by atoms with van der Waals surface area (Å²) in [6.45, 7) is 0. The Hall–Kier alpha value is -2.35. The van der Waals surface area contributed by atoms with Crippen LogP contribution in [0.5, 0.6) is 0 Å². The highest BCUT2D eigenvalue weighted by Gasteiger charge is 2.31. The molecule has 0 aliphatic heterocycles. The minimum absolute atomic E-state index is 0.156. The van der Waals surface area contributed by atoms with Crippen molar-refractivity contribution < 1.29 is 27.5 Å². The molecule has 0 fully saturated rings. The number of hydrogen-bond acceptors (Lipinski definition) is 4. The lowest BCUT2D eigenvalue weighted by atomic mass is 10.1.